The van der Waals surface area contributed by atoms with E-state index < -0.39 is 15.9 Å². The van der Waals surface area contributed by atoms with Crippen LogP contribution < -0.4 is 5.73 Å². The van der Waals surface area contributed by atoms with Crippen molar-refractivity contribution in [3.8, 4) is 0 Å². The lowest BCUT2D eigenvalue weighted by atomic mass is 10.2. The molecule has 2 N–H and O–H groups in total. The van der Waals surface area contributed by atoms with Gasteiger partial charge in [-0.3, -0.25) is 4.79 Å². The molecule has 6 nitrogen and oxygen atoms in total. The molecule has 1 aromatic heterocycles. The molecule has 0 radical (unpaired) electrons. The first-order chi connectivity index (χ1) is 9.39. The molecule has 0 spiro atoms. The van der Waals surface area contributed by atoms with Gasteiger partial charge in [0.25, 0.3) is 15.9 Å². The molecule has 20 heavy (non-hydrogen) atoms. The van der Waals surface area contributed by atoms with Gasteiger partial charge in [0.15, 0.2) is 0 Å². The SMILES string of the molecule is Cc1csc(CN2C(=O)c3ccc(N)cc3S2(=O)=O)n1. The van der Waals surface area contributed by atoms with E-state index in [1.807, 2.05) is 12.3 Å². The number of thiazole rings is 1. The maximum atomic E-state index is 12.4. The Morgan fingerprint density at radius 2 is 2.15 bits per heavy atom. The van der Waals surface area contributed by atoms with Crippen molar-refractivity contribution in [2.45, 2.75) is 18.4 Å². The van der Waals surface area contributed by atoms with E-state index in [0.29, 0.717) is 10.7 Å². The first-order valence-corrected chi connectivity index (χ1v) is 8.09. The number of carbonyl (C=O) groups is 1. The monoisotopic (exact) mass is 309 g/mol. The first-order valence-electron chi connectivity index (χ1n) is 5.77. The summed E-state index contributed by atoms with van der Waals surface area (Å²) >= 11 is 1.33. The molecule has 1 aliphatic rings. The number of anilines is 1. The third-order valence-corrected chi connectivity index (χ3v) is 5.70. The predicted molar refractivity (Wildman–Crippen MR) is 74.8 cm³/mol. The summed E-state index contributed by atoms with van der Waals surface area (Å²) in [5.74, 6) is -0.534. The summed E-state index contributed by atoms with van der Waals surface area (Å²) in [5, 5.41) is 2.40. The van der Waals surface area contributed by atoms with Crippen LogP contribution in [0, 0.1) is 6.92 Å². The van der Waals surface area contributed by atoms with Crippen molar-refractivity contribution in [3.05, 3.63) is 39.8 Å². The number of rotatable bonds is 2. The Morgan fingerprint density at radius 1 is 1.40 bits per heavy atom. The van der Waals surface area contributed by atoms with Crippen LogP contribution in [0.4, 0.5) is 5.69 Å². The zero-order chi connectivity index (χ0) is 14.5. The van der Waals surface area contributed by atoms with E-state index in [0.717, 1.165) is 10.00 Å². The van der Waals surface area contributed by atoms with Crippen molar-refractivity contribution in [1.82, 2.24) is 9.29 Å². The lowest BCUT2D eigenvalue weighted by Crippen LogP contribution is -2.29. The maximum Gasteiger partial charge on any atom is 0.269 e. The van der Waals surface area contributed by atoms with Crippen molar-refractivity contribution in [3.63, 3.8) is 0 Å². The highest BCUT2D eigenvalue weighted by atomic mass is 32.2. The summed E-state index contributed by atoms with van der Waals surface area (Å²) in [6.45, 7) is 1.77. The van der Waals surface area contributed by atoms with E-state index in [1.54, 1.807) is 0 Å². The van der Waals surface area contributed by atoms with Crippen molar-refractivity contribution in [1.29, 1.82) is 0 Å². The number of hydrogen-bond donors (Lipinski definition) is 1. The molecule has 1 aliphatic heterocycles. The Hall–Kier alpha value is -1.93. The smallest absolute Gasteiger partial charge is 0.269 e. The Bertz CT molecular complexity index is 811. The number of fused-ring (bicyclic) bond motifs is 1. The van der Waals surface area contributed by atoms with Gasteiger partial charge in [0.05, 0.1) is 12.1 Å². The Morgan fingerprint density at radius 3 is 2.80 bits per heavy atom. The lowest BCUT2D eigenvalue weighted by molar-refractivity contribution is 0.0865. The van der Waals surface area contributed by atoms with Crippen LogP contribution in [0.15, 0.2) is 28.5 Å². The number of nitrogens with two attached hydrogens (primary N) is 1. The number of benzene rings is 1. The van der Waals surface area contributed by atoms with Gasteiger partial charge in [-0.1, -0.05) is 0 Å². The van der Waals surface area contributed by atoms with Crippen LogP contribution in [-0.2, 0) is 16.6 Å². The van der Waals surface area contributed by atoms with Gasteiger partial charge in [-0.2, -0.15) is 0 Å². The van der Waals surface area contributed by atoms with Gasteiger partial charge in [0.2, 0.25) is 0 Å². The van der Waals surface area contributed by atoms with Gasteiger partial charge in [0, 0.05) is 16.8 Å². The van der Waals surface area contributed by atoms with Gasteiger partial charge in [-0.25, -0.2) is 17.7 Å². The number of nitrogen functional groups attached to an aromatic ring is 1. The molecule has 0 fully saturated rings. The summed E-state index contributed by atoms with van der Waals surface area (Å²) < 4.78 is 25.6. The van der Waals surface area contributed by atoms with Crippen LogP contribution in [-0.4, -0.2) is 23.6 Å². The average molecular weight is 309 g/mol. The van der Waals surface area contributed by atoms with Gasteiger partial charge in [0.1, 0.15) is 9.90 Å². The maximum absolute atomic E-state index is 12.4. The number of hydrogen-bond acceptors (Lipinski definition) is 6. The molecule has 0 bridgehead atoms. The number of nitrogens with zero attached hydrogens (tertiary/aromatic N) is 2. The minimum absolute atomic E-state index is 0.0317. The van der Waals surface area contributed by atoms with Crippen LogP contribution >= 0.6 is 11.3 Å². The number of sulfonamides is 1. The van der Waals surface area contributed by atoms with E-state index >= 15 is 0 Å². The minimum Gasteiger partial charge on any atom is -0.399 e. The Balaban J connectivity index is 2.05. The van der Waals surface area contributed by atoms with Crippen LogP contribution in [0.25, 0.3) is 0 Å². The fourth-order valence-electron chi connectivity index (χ4n) is 2.05. The second-order valence-corrected chi connectivity index (χ2v) is 7.23. The summed E-state index contributed by atoms with van der Waals surface area (Å²) in [7, 11) is -3.84. The van der Waals surface area contributed by atoms with Crippen LogP contribution in [0.5, 0.6) is 0 Å². The van der Waals surface area contributed by atoms with Crippen molar-refractivity contribution in [2.75, 3.05) is 5.73 Å². The highest BCUT2D eigenvalue weighted by Gasteiger charge is 2.41. The first kappa shape index (κ1) is 13.1. The van der Waals surface area contributed by atoms with E-state index in [1.165, 1.54) is 29.5 Å². The molecule has 2 heterocycles. The molecule has 3 rings (SSSR count). The largest absolute Gasteiger partial charge is 0.399 e. The summed E-state index contributed by atoms with van der Waals surface area (Å²) in [5.41, 5.74) is 6.87. The molecular weight excluding hydrogens is 298 g/mol. The molecule has 104 valence electrons. The molecular formula is C12H11N3O3S2. The van der Waals surface area contributed by atoms with Gasteiger partial charge >= 0.3 is 0 Å². The summed E-state index contributed by atoms with van der Waals surface area (Å²) in [6, 6.07) is 4.27. The standard InChI is InChI=1S/C12H11N3O3S2/c1-7-6-19-11(14-7)5-15-12(16)9-3-2-8(13)4-10(9)20(15,17)18/h2-4,6H,5,13H2,1H3. The van der Waals surface area contributed by atoms with Crippen LogP contribution in [0.2, 0.25) is 0 Å². The molecule has 1 amide bonds. The second-order valence-electron chi connectivity index (χ2n) is 4.46. The number of amides is 1. The highest BCUT2D eigenvalue weighted by Crippen LogP contribution is 2.33. The third-order valence-electron chi connectivity index (χ3n) is 2.98. The molecule has 0 aliphatic carbocycles. The molecule has 0 saturated carbocycles. The fourth-order valence-corrected chi connectivity index (χ4v) is 4.45. The topological polar surface area (TPSA) is 93.4 Å². The summed E-state index contributed by atoms with van der Waals surface area (Å²) in [4.78, 5) is 16.4. The Labute approximate surface area is 119 Å². The predicted octanol–water partition coefficient (Wildman–Crippen LogP) is 1.38. The molecule has 0 unspecified atom stereocenters. The van der Waals surface area contributed by atoms with Crippen molar-refractivity contribution >= 4 is 33.0 Å². The van der Waals surface area contributed by atoms with E-state index in [-0.39, 0.29) is 17.0 Å². The van der Waals surface area contributed by atoms with Gasteiger partial charge in [-0.15, -0.1) is 11.3 Å². The second kappa shape index (κ2) is 4.29. The van der Waals surface area contributed by atoms with Crippen LogP contribution in [0.1, 0.15) is 21.1 Å². The van der Waals surface area contributed by atoms with E-state index in [2.05, 4.69) is 4.98 Å². The quantitative estimate of drug-likeness (QED) is 0.846. The van der Waals surface area contributed by atoms with E-state index in [9.17, 15) is 13.2 Å². The van der Waals surface area contributed by atoms with Crippen molar-refractivity contribution < 1.29 is 13.2 Å². The highest BCUT2D eigenvalue weighted by molar-refractivity contribution is 7.90. The third kappa shape index (κ3) is 1.88. The summed E-state index contributed by atoms with van der Waals surface area (Å²) in [6.07, 6.45) is 0. The zero-order valence-corrected chi connectivity index (χ0v) is 12.2. The molecule has 1 aromatic carbocycles. The molecule has 2 aromatic rings. The molecule has 8 heteroatoms. The number of aromatic nitrogens is 1. The lowest BCUT2D eigenvalue weighted by Gasteiger charge is -2.12. The molecule has 0 atom stereocenters. The van der Waals surface area contributed by atoms with Crippen molar-refractivity contribution in [2.24, 2.45) is 0 Å². The number of aryl methyl sites for hydroxylation is 1. The van der Waals surface area contributed by atoms with E-state index in [4.69, 9.17) is 5.73 Å². The van der Waals surface area contributed by atoms with Gasteiger partial charge < -0.3 is 5.73 Å². The van der Waals surface area contributed by atoms with Crippen LogP contribution in [0.3, 0.4) is 0 Å². The number of carbonyl (C=O) groups excluding carboxylic acids is 1. The Kier molecular flexibility index (Phi) is 2.80. The average Bonchev–Trinajstić information content (AvgIpc) is 2.86. The minimum atomic E-state index is -3.84. The zero-order valence-electron chi connectivity index (χ0n) is 10.5. The normalized spacial score (nSPS) is 16.4. The molecule has 0 saturated heterocycles. The fraction of sp³-hybridized carbons (Fsp3) is 0.167. The van der Waals surface area contributed by atoms with Gasteiger partial charge in [-0.05, 0) is 25.1 Å².